The van der Waals surface area contributed by atoms with Gasteiger partial charge in [0.15, 0.2) is 5.78 Å². The maximum absolute atomic E-state index is 12.5. The summed E-state index contributed by atoms with van der Waals surface area (Å²) < 4.78 is 0. The summed E-state index contributed by atoms with van der Waals surface area (Å²) in [7, 11) is 0. The number of carboxylic acids is 1. The van der Waals surface area contributed by atoms with E-state index in [1.807, 2.05) is 0 Å². The monoisotopic (exact) mass is 270 g/mol. The van der Waals surface area contributed by atoms with Gasteiger partial charge in [-0.15, -0.1) is 0 Å². The zero-order valence-corrected chi connectivity index (χ0v) is 10.9. The number of nitrogens with two attached hydrogens (primary N) is 2. The summed E-state index contributed by atoms with van der Waals surface area (Å²) >= 11 is 0. The average Bonchev–Trinajstić information content (AvgIpc) is 2.42. The molecule has 0 atom stereocenters. The summed E-state index contributed by atoms with van der Waals surface area (Å²) in [6, 6.07) is 9.09. The summed E-state index contributed by atoms with van der Waals surface area (Å²) in [5.74, 6) is -1.61. The molecule has 0 fully saturated rings. The Labute approximate surface area is 115 Å². The van der Waals surface area contributed by atoms with Crippen LogP contribution in [0.4, 0.5) is 11.4 Å². The number of hydrogen-bond acceptors (Lipinski definition) is 4. The molecular formula is C15H14N2O3. The summed E-state index contributed by atoms with van der Waals surface area (Å²) in [6.45, 7) is 1.78. The second-order valence-corrected chi connectivity index (χ2v) is 4.48. The van der Waals surface area contributed by atoms with Crippen molar-refractivity contribution in [1.29, 1.82) is 0 Å². The van der Waals surface area contributed by atoms with Crippen LogP contribution in [0.1, 0.15) is 31.8 Å². The fraction of sp³-hybridized carbons (Fsp3) is 0.0667. The Morgan fingerprint density at radius 3 is 2.15 bits per heavy atom. The van der Waals surface area contributed by atoms with Crippen LogP contribution in [0.25, 0.3) is 0 Å². The Hall–Kier alpha value is -2.82. The molecule has 2 aromatic rings. The quantitative estimate of drug-likeness (QED) is 0.584. The van der Waals surface area contributed by atoms with E-state index in [0.29, 0.717) is 5.69 Å². The van der Waals surface area contributed by atoms with Gasteiger partial charge in [0.2, 0.25) is 0 Å². The lowest BCUT2D eigenvalue weighted by Crippen LogP contribution is -2.12. The maximum Gasteiger partial charge on any atom is 0.336 e. The third kappa shape index (κ3) is 2.33. The highest BCUT2D eigenvalue weighted by Crippen LogP contribution is 2.24. The van der Waals surface area contributed by atoms with E-state index in [-0.39, 0.29) is 22.4 Å². The van der Waals surface area contributed by atoms with Gasteiger partial charge in [-0.1, -0.05) is 18.2 Å². The van der Waals surface area contributed by atoms with Crippen LogP contribution in [0.3, 0.4) is 0 Å². The lowest BCUT2D eigenvalue weighted by Gasteiger charge is -2.10. The molecular weight excluding hydrogens is 256 g/mol. The number of carbonyl (C=O) groups excluding carboxylic acids is 1. The molecule has 0 aliphatic heterocycles. The van der Waals surface area contributed by atoms with E-state index >= 15 is 0 Å². The van der Waals surface area contributed by atoms with E-state index in [1.165, 1.54) is 18.2 Å². The van der Waals surface area contributed by atoms with Crippen LogP contribution in [-0.4, -0.2) is 16.9 Å². The zero-order chi connectivity index (χ0) is 14.9. The molecule has 2 aromatic carbocycles. The molecule has 0 bridgehead atoms. The molecule has 0 spiro atoms. The third-order valence-corrected chi connectivity index (χ3v) is 3.08. The standard InChI is InChI=1S/C15H14N2O3/c1-8-6-13(17)11(7-12(8)16)14(18)9-4-2-3-5-10(9)15(19)20/h2-7H,16-17H2,1H3,(H,19,20). The van der Waals surface area contributed by atoms with E-state index in [1.54, 1.807) is 25.1 Å². The maximum atomic E-state index is 12.5. The van der Waals surface area contributed by atoms with Gasteiger partial charge in [-0.05, 0) is 30.7 Å². The van der Waals surface area contributed by atoms with E-state index in [2.05, 4.69) is 0 Å². The fourth-order valence-electron chi connectivity index (χ4n) is 1.96. The highest BCUT2D eigenvalue weighted by molar-refractivity contribution is 6.16. The molecule has 102 valence electrons. The largest absolute Gasteiger partial charge is 0.478 e. The topological polar surface area (TPSA) is 106 Å². The van der Waals surface area contributed by atoms with Crippen molar-refractivity contribution in [3.8, 4) is 0 Å². The predicted molar refractivity (Wildman–Crippen MR) is 76.8 cm³/mol. The summed E-state index contributed by atoms with van der Waals surface area (Å²) in [6.07, 6.45) is 0. The molecule has 5 N–H and O–H groups in total. The second-order valence-electron chi connectivity index (χ2n) is 4.48. The minimum absolute atomic E-state index is 0.0592. The Bertz CT molecular complexity index is 708. The van der Waals surface area contributed by atoms with Crippen LogP contribution in [0.15, 0.2) is 36.4 Å². The molecule has 0 unspecified atom stereocenters. The number of aryl methyl sites for hydroxylation is 1. The Balaban J connectivity index is 2.58. The van der Waals surface area contributed by atoms with Crippen molar-refractivity contribution >= 4 is 23.1 Å². The summed E-state index contributed by atoms with van der Waals surface area (Å²) in [5.41, 5.74) is 13.3. The first-order chi connectivity index (χ1) is 9.41. The van der Waals surface area contributed by atoms with Gasteiger partial charge in [-0.3, -0.25) is 4.79 Å². The molecule has 0 aliphatic carbocycles. The molecule has 0 radical (unpaired) electrons. The van der Waals surface area contributed by atoms with Gasteiger partial charge in [0.1, 0.15) is 0 Å². The Morgan fingerprint density at radius 1 is 0.950 bits per heavy atom. The van der Waals surface area contributed by atoms with Gasteiger partial charge in [-0.2, -0.15) is 0 Å². The first kappa shape index (κ1) is 13.6. The molecule has 0 saturated heterocycles. The van der Waals surface area contributed by atoms with Gasteiger partial charge in [0.25, 0.3) is 0 Å². The number of benzene rings is 2. The summed E-state index contributed by atoms with van der Waals surface area (Å²) in [5, 5.41) is 9.12. The van der Waals surface area contributed by atoms with Crippen LogP contribution >= 0.6 is 0 Å². The first-order valence-electron chi connectivity index (χ1n) is 5.94. The van der Waals surface area contributed by atoms with Crippen molar-refractivity contribution in [2.75, 3.05) is 11.5 Å². The lowest BCUT2D eigenvalue weighted by molar-refractivity contribution is 0.0693. The van der Waals surface area contributed by atoms with Crippen LogP contribution < -0.4 is 11.5 Å². The minimum atomic E-state index is -1.16. The van der Waals surface area contributed by atoms with Gasteiger partial charge in [0, 0.05) is 22.5 Å². The normalized spacial score (nSPS) is 10.2. The molecule has 0 saturated carbocycles. The van der Waals surface area contributed by atoms with Crippen LogP contribution in [0, 0.1) is 6.92 Å². The molecule has 0 amide bonds. The van der Waals surface area contributed by atoms with Crippen LogP contribution in [-0.2, 0) is 0 Å². The first-order valence-corrected chi connectivity index (χ1v) is 5.94. The van der Waals surface area contributed by atoms with Crippen LogP contribution in [0.2, 0.25) is 0 Å². The number of aromatic carboxylic acids is 1. The number of carbonyl (C=O) groups is 2. The highest BCUT2D eigenvalue weighted by atomic mass is 16.4. The number of hydrogen-bond donors (Lipinski definition) is 3. The smallest absolute Gasteiger partial charge is 0.336 e. The Kier molecular flexibility index (Phi) is 3.43. The van der Waals surface area contributed by atoms with Crippen molar-refractivity contribution < 1.29 is 14.7 Å². The second kappa shape index (κ2) is 5.05. The number of carboxylic acid groups (broad SMARTS) is 1. The molecule has 20 heavy (non-hydrogen) atoms. The van der Waals surface area contributed by atoms with Gasteiger partial charge in [-0.25, -0.2) is 4.79 Å². The molecule has 0 aliphatic rings. The van der Waals surface area contributed by atoms with Crippen molar-refractivity contribution in [2.24, 2.45) is 0 Å². The summed E-state index contributed by atoms with van der Waals surface area (Å²) in [4.78, 5) is 23.6. The van der Waals surface area contributed by atoms with Crippen molar-refractivity contribution in [3.63, 3.8) is 0 Å². The number of rotatable bonds is 3. The van der Waals surface area contributed by atoms with Gasteiger partial charge >= 0.3 is 5.97 Å². The average molecular weight is 270 g/mol. The zero-order valence-electron chi connectivity index (χ0n) is 10.9. The SMILES string of the molecule is Cc1cc(N)c(C(=O)c2ccccc2C(=O)O)cc1N. The fourth-order valence-corrected chi connectivity index (χ4v) is 1.96. The number of ketones is 1. The van der Waals surface area contributed by atoms with Gasteiger partial charge in [0.05, 0.1) is 5.56 Å². The van der Waals surface area contributed by atoms with E-state index in [0.717, 1.165) is 5.56 Å². The molecule has 5 nitrogen and oxygen atoms in total. The van der Waals surface area contributed by atoms with E-state index in [4.69, 9.17) is 16.6 Å². The van der Waals surface area contributed by atoms with E-state index < -0.39 is 11.8 Å². The minimum Gasteiger partial charge on any atom is -0.478 e. The molecule has 0 heterocycles. The van der Waals surface area contributed by atoms with E-state index in [9.17, 15) is 9.59 Å². The van der Waals surface area contributed by atoms with Gasteiger partial charge < -0.3 is 16.6 Å². The van der Waals surface area contributed by atoms with Crippen molar-refractivity contribution in [1.82, 2.24) is 0 Å². The third-order valence-electron chi connectivity index (χ3n) is 3.08. The Morgan fingerprint density at radius 2 is 1.55 bits per heavy atom. The lowest BCUT2D eigenvalue weighted by atomic mass is 9.96. The predicted octanol–water partition coefficient (Wildman–Crippen LogP) is 2.09. The van der Waals surface area contributed by atoms with Crippen molar-refractivity contribution in [3.05, 3.63) is 58.7 Å². The number of nitrogen functional groups attached to an aromatic ring is 2. The molecule has 5 heteroatoms. The molecule has 2 rings (SSSR count). The molecule has 0 aromatic heterocycles. The van der Waals surface area contributed by atoms with Crippen LogP contribution in [0.5, 0.6) is 0 Å². The highest BCUT2D eigenvalue weighted by Gasteiger charge is 2.19. The van der Waals surface area contributed by atoms with Crippen molar-refractivity contribution in [2.45, 2.75) is 6.92 Å². The number of anilines is 2.